The van der Waals surface area contributed by atoms with E-state index in [-0.39, 0.29) is 17.6 Å². The zero-order valence-electron chi connectivity index (χ0n) is 17.1. The molecule has 1 aliphatic carbocycles. The summed E-state index contributed by atoms with van der Waals surface area (Å²) in [7, 11) is 1.56. The Labute approximate surface area is 169 Å². The van der Waals surface area contributed by atoms with Crippen molar-refractivity contribution in [1.29, 1.82) is 0 Å². The predicted molar refractivity (Wildman–Crippen MR) is 111 cm³/mol. The molecule has 1 aromatic rings. The van der Waals surface area contributed by atoms with Crippen molar-refractivity contribution in [3.8, 4) is 5.75 Å². The average Bonchev–Trinajstić information content (AvgIpc) is 2.59. The molecule has 0 aliphatic heterocycles. The number of allylic oxidation sites excluding steroid dienone is 3. The number of hydrogen-bond donors (Lipinski definition) is 0. The molecule has 0 aromatic heterocycles. The number of methoxy groups -OCH3 is 1. The predicted octanol–water partition coefficient (Wildman–Crippen LogP) is 6.44. The molecule has 3 nitrogen and oxygen atoms in total. The van der Waals surface area contributed by atoms with E-state index >= 15 is 0 Å². The van der Waals surface area contributed by atoms with Gasteiger partial charge in [0.2, 0.25) is 5.83 Å². The van der Waals surface area contributed by atoms with Gasteiger partial charge in [0.25, 0.3) is 0 Å². The van der Waals surface area contributed by atoms with Crippen LogP contribution >= 0.6 is 15.9 Å². The Hall–Kier alpha value is -1.62. The lowest BCUT2D eigenvalue weighted by Crippen LogP contribution is -2.24. The first kappa shape index (κ1) is 21.7. The van der Waals surface area contributed by atoms with Crippen LogP contribution in [-0.4, -0.2) is 19.7 Å². The molecule has 0 saturated carbocycles. The number of benzene rings is 1. The number of fused-ring (bicyclic) bond motifs is 1. The van der Waals surface area contributed by atoms with E-state index in [1.165, 1.54) is 5.57 Å². The fourth-order valence-corrected chi connectivity index (χ4v) is 4.71. The number of esters is 1. The minimum atomic E-state index is -0.953. The van der Waals surface area contributed by atoms with Gasteiger partial charge in [-0.25, -0.2) is 4.79 Å². The third-order valence-corrected chi connectivity index (χ3v) is 5.81. The van der Waals surface area contributed by atoms with Gasteiger partial charge in [-0.1, -0.05) is 33.8 Å². The summed E-state index contributed by atoms with van der Waals surface area (Å²) in [6, 6.07) is 1.94. The van der Waals surface area contributed by atoms with E-state index in [1.54, 1.807) is 21.0 Å². The Morgan fingerprint density at radius 1 is 1.37 bits per heavy atom. The molecule has 0 amide bonds. The molecule has 0 radical (unpaired) electrons. The minimum Gasteiger partial charge on any atom is -0.495 e. The van der Waals surface area contributed by atoms with E-state index in [0.717, 1.165) is 22.0 Å². The van der Waals surface area contributed by atoms with Crippen molar-refractivity contribution in [3.05, 3.63) is 39.1 Å². The van der Waals surface area contributed by atoms with Crippen molar-refractivity contribution < 1.29 is 18.7 Å². The van der Waals surface area contributed by atoms with Crippen LogP contribution in [0, 0.1) is 5.92 Å². The molecule has 5 heteroatoms. The van der Waals surface area contributed by atoms with Gasteiger partial charge in [0.1, 0.15) is 5.75 Å². The van der Waals surface area contributed by atoms with Crippen LogP contribution in [0.15, 0.2) is 22.4 Å². The van der Waals surface area contributed by atoms with Gasteiger partial charge in [0.15, 0.2) is 0 Å². The molecule has 0 atom stereocenters. The Morgan fingerprint density at radius 3 is 2.52 bits per heavy atom. The summed E-state index contributed by atoms with van der Waals surface area (Å²) in [5.41, 5.74) is 4.12. The molecule has 0 N–H and O–H groups in total. The van der Waals surface area contributed by atoms with E-state index in [1.807, 2.05) is 6.07 Å². The first-order chi connectivity index (χ1) is 12.6. The summed E-state index contributed by atoms with van der Waals surface area (Å²) < 4.78 is 25.9. The fraction of sp³-hybridized carbons (Fsp3) is 0.500. The number of carbonyl (C=O) groups excluding carboxylic acids is 1. The van der Waals surface area contributed by atoms with E-state index in [2.05, 4.69) is 49.7 Å². The van der Waals surface area contributed by atoms with Crippen molar-refractivity contribution in [3.63, 3.8) is 0 Å². The van der Waals surface area contributed by atoms with E-state index in [9.17, 15) is 9.18 Å². The molecule has 2 rings (SSSR count). The Bertz CT molecular complexity index is 819. The lowest BCUT2D eigenvalue weighted by molar-refractivity contribution is -0.140. The quantitative estimate of drug-likeness (QED) is 0.391. The van der Waals surface area contributed by atoms with Gasteiger partial charge >= 0.3 is 5.97 Å². The summed E-state index contributed by atoms with van der Waals surface area (Å²) in [4.78, 5) is 11.9. The normalized spacial score (nSPS) is 16.4. The summed E-state index contributed by atoms with van der Waals surface area (Å²) in [6.07, 6.45) is 3.18. The van der Waals surface area contributed by atoms with Gasteiger partial charge in [0.05, 0.1) is 18.2 Å². The molecule has 148 valence electrons. The first-order valence-corrected chi connectivity index (χ1v) is 10.0. The third-order valence-electron chi connectivity index (χ3n) is 5.06. The van der Waals surface area contributed by atoms with Crippen LogP contribution in [0.3, 0.4) is 0 Å². The van der Waals surface area contributed by atoms with Crippen LogP contribution in [0.2, 0.25) is 0 Å². The number of hydrogen-bond acceptors (Lipinski definition) is 3. The second-order valence-electron chi connectivity index (χ2n) is 7.76. The van der Waals surface area contributed by atoms with Crippen LogP contribution in [0.5, 0.6) is 5.75 Å². The second kappa shape index (κ2) is 8.17. The van der Waals surface area contributed by atoms with Crippen molar-refractivity contribution in [2.75, 3.05) is 13.7 Å². The molecule has 0 bridgehead atoms. The number of rotatable bonds is 5. The maximum atomic E-state index is 14.7. The topological polar surface area (TPSA) is 35.5 Å². The lowest BCUT2D eigenvalue weighted by Gasteiger charge is -2.35. The smallest absolute Gasteiger partial charge is 0.367 e. The van der Waals surface area contributed by atoms with Crippen molar-refractivity contribution in [2.45, 2.75) is 53.4 Å². The van der Waals surface area contributed by atoms with Crippen LogP contribution in [0.1, 0.15) is 64.7 Å². The summed E-state index contributed by atoms with van der Waals surface area (Å²) in [5.74, 6) is -0.992. The van der Waals surface area contributed by atoms with Crippen LogP contribution in [0.25, 0.3) is 11.1 Å². The Balaban J connectivity index is 2.82. The average molecular weight is 439 g/mol. The van der Waals surface area contributed by atoms with Crippen molar-refractivity contribution >= 4 is 33.0 Å². The summed E-state index contributed by atoms with van der Waals surface area (Å²) in [6.45, 7) is 12.0. The largest absolute Gasteiger partial charge is 0.495 e. The molecule has 0 spiro atoms. The highest BCUT2D eigenvalue weighted by Crippen LogP contribution is 2.50. The summed E-state index contributed by atoms with van der Waals surface area (Å²) >= 11 is 3.70. The zero-order valence-corrected chi connectivity index (χ0v) is 18.7. The van der Waals surface area contributed by atoms with Crippen LogP contribution < -0.4 is 4.74 Å². The number of ether oxygens (including phenoxy) is 2. The summed E-state index contributed by atoms with van der Waals surface area (Å²) in [5, 5.41) is 0. The highest BCUT2D eigenvalue weighted by Gasteiger charge is 2.34. The second-order valence-corrected chi connectivity index (χ2v) is 8.55. The maximum Gasteiger partial charge on any atom is 0.367 e. The fourth-order valence-electron chi connectivity index (χ4n) is 3.59. The molecule has 1 aromatic carbocycles. The van der Waals surface area contributed by atoms with Gasteiger partial charge in [0, 0.05) is 11.1 Å². The number of carbonyl (C=O) groups is 1. The van der Waals surface area contributed by atoms with Crippen molar-refractivity contribution in [1.82, 2.24) is 0 Å². The van der Waals surface area contributed by atoms with Gasteiger partial charge in [-0.3, -0.25) is 0 Å². The highest BCUT2D eigenvalue weighted by atomic mass is 79.9. The Morgan fingerprint density at radius 2 is 2.00 bits per heavy atom. The van der Waals surface area contributed by atoms with Gasteiger partial charge in [-0.05, 0) is 70.3 Å². The van der Waals surface area contributed by atoms with E-state index in [4.69, 9.17) is 9.47 Å². The standard InChI is InChI=1S/C22H28BrFO3/c1-8-27-21(25)19(24)13(4)15-11-16-14(12(2)3)9-10-22(5,6)17(16)18(23)20(15)26-7/h9,11-12H,8,10H2,1-7H3. The molecule has 0 unspecified atom stereocenters. The van der Waals surface area contributed by atoms with Gasteiger partial charge < -0.3 is 9.47 Å². The first-order valence-electron chi connectivity index (χ1n) is 9.22. The van der Waals surface area contributed by atoms with Crippen molar-refractivity contribution in [2.24, 2.45) is 5.92 Å². The lowest BCUT2D eigenvalue weighted by atomic mass is 9.70. The zero-order chi connectivity index (χ0) is 20.5. The van der Waals surface area contributed by atoms with Gasteiger partial charge in [-0.15, -0.1) is 0 Å². The monoisotopic (exact) mass is 438 g/mol. The number of halogens is 2. The minimum absolute atomic E-state index is 0.0876. The van der Waals surface area contributed by atoms with E-state index < -0.39 is 11.8 Å². The Kier molecular flexibility index (Phi) is 6.56. The third kappa shape index (κ3) is 3.98. The van der Waals surface area contributed by atoms with Crippen LogP contribution in [-0.2, 0) is 14.9 Å². The maximum absolute atomic E-state index is 14.7. The molecule has 0 heterocycles. The van der Waals surface area contributed by atoms with E-state index in [0.29, 0.717) is 17.2 Å². The molecule has 0 saturated heterocycles. The molecule has 27 heavy (non-hydrogen) atoms. The molecule has 1 aliphatic rings. The van der Waals surface area contributed by atoms with Gasteiger partial charge in [-0.2, -0.15) is 4.39 Å². The highest BCUT2D eigenvalue weighted by molar-refractivity contribution is 9.10. The SMILES string of the molecule is CCOC(=O)C(F)=C(C)c1cc2c(c(Br)c1OC)C(C)(C)CC=C2C(C)C. The van der Waals surface area contributed by atoms with Crippen LogP contribution in [0.4, 0.5) is 4.39 Å². The molecular formula is C22H28BrFO3. The molecular weight excluding hydrogens is 411 g/mol. The molecule has 0 fully saturated rings.